The third kappa shape index (κ3) is 5.05. The third-order valence-corrected chi connectivity index (χ3v) is 3.26. The van der Waals surface area contributed by atoms with Gasteiger partial charge in [-0.3, -0.25) is 0 Å². The van der Waals surface area contributed by atoms with E-state index in [2.05, 4.69) is 6.92 Å². The minimum absolute atomic E-state index is 0.343. The highest BCUT2D eigenvalue weighted by Crippen LogP contribution is 2.25. The highest BCUT2D eigenvalue weighted by Gasteiger charge is 2.21. The molecule has 0 fully saturated rings. The standard InChI is InChI=1S/C14H20ClFO/c1-3-4-5-8-14(2,17)10-11-6-7-12(16)9-13(11)15/h6-7,9,17H,3-5,8,10H2,1-2H3. The van der Waals surface area contributed by atoms with E-state index in [-0.39, 0.29) is 5.82 Å². The molecule has 1 aromatic carbocycles. The van der Waals surface area contributed by atoms with Crippen molar-refractivity contribution in [1.82, 2.24) is 0 Å². The first-order valence-corrected chi connectivity index (χ1v) is 6.49. The lowest BCUT2D eigenvalue weighted by Crippen LogP contribution is -2.27. The Morgan fingerprint density at radius 2 is 2.06 bits per heavy atom. The van der Waals surface area contributed by atoms with Gasteiger partial charge in [-0.25, -0.2) is 4.39 Å². The predicted octanol–water partition coefficient (Wildman–Crippen LogP) is 4.35. The summed E-state index contributed by atoms with van der Waals surface area (Å²) in [5, 5.41) is 10.6. The van der Waals surface area contributed by atoms with Crippen LogP contribution in [0.1, 0.15) is 45.1 Å². The first kappa shape index (κ1) is 14.5. The Bertz CT molecular complexity index is 363. The number of aliphatic hydroxyl groups is 1. The van der Waals surface area contributed by atoms with Gasteiger partial charge in [-0.15, -0.1) is 0 Å². The summed E-state index contributed by atoms with van der Waals surface area (Å²) in [4.78, 5) is 0. The normalized spacial score (nSPS) is 14.6. The molecule has 96 valence electrons. The number of benzene rings is 1. The van der Waals surface area contributed by atoms with Gasteiger partial charge in [0.2, 0.25) is 0 Å². The molecule has 3 heteroatoms. The van der Waals surface area contributed by atoms with Crippen molar-refractivity contribution in [1.29, 1.82) is 0 Å². The zero-order valence-electron chi connectivity index (χ0n) is 10.5. The average Bonchev–Trinajstić information content (AvgIpc) is 2.22. The van der Waals surface area contributed by atoms with E-state index in [9.17, 15) is 9.50 Å². The second-order valence-electron chi connectivity index (χ2n) is 4.87. The van der Waals surface area contributed by atoms with Gasteiger partial charge in [0, 0.05) is 11.4 Å². The summed E-state index contributed by atoms with van der Waals surface area (Å²) in [5.41, 5.74) is 0.0333. The van der Waals surface area contributed by atoms with E-state index in [1.54, 1.807) is 6.07 Å². The average molecular weight is 259 g/mol. The summed E-state index contributed by atoms with van der Waals surface area (Å²) in [6.07, 6.45) is 4.47. The van der Waals surface area contributed by atoms with Crippen LogP contribution in [-0.2, 0) is 6.42 Å². The molecule has 1 aromatic rings. The van der Waals surface area contributed by atoms with Crippen molar-refractivity contribution < 1.29 is 9.50 Å². The van der Waals surface area contributed by atoms with Crippen LogP contribution < -0.4 is 0 Å². The van der Waals surface area contributed by atoms with Gasteiger partial charge in [-0.2, -0.15) is 0 Å². The summed E-state index contributed by atoms with van der Waals surface area (Å²) in [6.45, 7) is 3.94. The summed E-state index contributed by atoms with van der Waals surface area (Å²) in [5.74, 6) is -0.343. The van der Waals surface area contributed by atoms with Gasteiger partial charge in [0.1, 0.15) is 5.82 Å². The van der Waals surface area contributed by atoms with Crippen molar-refractivity contribution in [2.24, 2.45) is 0 Å². The topological polar surface area (TPSA) is 20.2 Å². The Balaban J connectivity index is 2.62. The zero-order valence-corrected chi connectivity index (χ0v) is 11.2. The number of hydrogen-bond donors (Lipinski definition) is 1. The SMILES string of the molecule is CCCCCC(C)(O)Cc1ccc(F)cc1Cl. The molecule has 0 aliphatic rings. The van der Waals surface area contributed by atoms with E-state index in [0.717, 1.165) is 31.2 Å². The lowest BCUT2D eigenvalue weighted by molar-refractivity contribution is 0.0486. The first-order valence-electron chi connectivity index (χ1n) is 6.11. The molecule has 1 atom stereocenters. The van der Waals surface area contributed by atoms with Gasteiger partial charge in [0.25, 0.3) is 0 Å². The molecule has 0 amide bonds. The fraction of sp³-hybridized carbons (Fsp3) is 0.571. The van der Waals surface area contributed by atoms with Gasteiger partial charge in [-0.05, 0) is 31.0 Å². The predicted molar refractivity (Wildman–Crippen MR) is 69.9 cm³/mol. The van der Waals surface area contributed by atoms with E-state index < -0.39 is 5.60 Å². The molecular weight excluding hydrogens is 239 g/mol. The summed E-state index contributed by atoms with van der Waals surface area (Å²) < 4.78 is 12.9. The molecule has 1 unspecified atom stereocenters. The maximum absolute atomic E-state index is 12.9. The van der Waals surface area contributed by atoms with Crippen LogP contribution in [0.3, 0.4) is 0 Å². The lowest BCUT2D eigenvalue weighted by atomic mass is 9.91. The van der Waals surface area contributed by atoms with Crippen LogP contribution in [0.15, 0.2) is 18.2 Å². The lowest BCUT2D eigenvalue weighted by Gasteiger charge is -2.23. The van der Waals surface area contributed by atoms with Crippen LogP contribution in [0.25, 0.3) is 0 Å². The quantitative estimate of drug-likeness (QED) is 0.752. The first-order chi connectivity index (χ1) is 7.94. The Kier molecular flexibility index (Phi) is 5.41. The third-order valence-electron chi connectivity index (χ3n) is 2.91. The maximum atomic E-state index is 12.9. The molecule has 1 nitrogen and oxygen atoms in total. The Morgan fingerprint density at radius 1 is 1.35 bits per heavy atom. The number of unbranched alkanes of at least 4 members (excludes halogenated alkanes) is 2. The molecule has 0 bridgehead atoms. The zero-order chi connectivity index (χ0) is 12.9. The number of rotatable bonds is 6. The van der Waals surface area contributed by atoms with Crippen LogP contribution in [0, 0.1) is 5.82 Å². The summed E-state index contributed by atoms with van der Waals surface area (Å²) in [7, 11) is 0. The fourth-order valence-corrected chi connectivity index (χ4v) is 2.15. The number of halogens is 2. The molecule has 1 rings (SSSR count). The number of hydrogen-bond acceptors (Lipinski definition) is 1. The van der Waals surface area contributed by atoms with Crippen molar-refractivity contribution in [3.05, 3.63) is 34.6 Å². The van der Waals surface area contributed by atoms with E-state index in [0.29, 0.717) is 11.4 Å². The van der Waals surface area contributed by atoms with Crippen LogP contribution in [0.5, 0.6) is 0 Å². The Labute approximate surface area is 108 Å². The van der Waals surface area contributed by atoms with Crippen molar-refractivity contribution in [2.75, 3.05) is 0 Å². The molecule has 0 saturated carbocycles. The van der Waals surface area contributed by atoms with E-state index >= 15 is 0 Å². The molecule has 0 aliphatic carbocycles. The van der Waals surface area contributed by atoms with Crippen LogP contribution in [-0.4, -0.2) is 10.7 Å². The molecule has 1 N–H and O–H groups in total. The van der Waals surface area contributed by atoms with E-state index in [4.69, 9.17) is 11.6 Å². The van der Waals surface area contributed by atoms with E-state index in [1.807, 2.05) is 6.92 Å². The smallest absolute Gasteiger partial charge is 0.124 e. The molecule has 0 saturated heterocycles. The Morgan fingerprint density at radius 3 is 2.65 bits per heavy atom. The van der Waals surface area contributed by atoms with Crippen molar-refractivity contribution in [3.8, 4) is 0 Å². The molecule has 0 spiro atoms. The summed E-state index contributed by atoms with van der Waals surface area (Å²) in [6, 6.07) is 4.31. The van der Waals surface area contributed by atoms with Crippen molar-refractivity contribution >= 4 is 11.6 Å². The largest absolute Gasteiger partial charge is 0.390 e. The highest BCUT2D eigenvalue weighted by molar-refractivity contribution is 6.31. The van der Waals surface area contributed by atoms with Crippen LogP contribution >= 0.6 is 11.6 Å². The van der Waals surface area contributed by atoms with E-state index in [1.165, 1.54) is 12.1 Å². The van der Waals surface area contributed by atoms with Crippen LogP contribution in [0.4, 0.5) is 4.39 Å². The molecule has 0 radical (unpaired) electrons. The molecule has 0 heterocycles. The van der Waals surface area contributed by atoms with Crippen LogP contribution in [0.2, 0.25) is 5.02 Å². The second kappa shape index (κ2) is 6.36. The van der Waals surface area contributed by atoms with Gasteiger partial charge < -0.3 is 5.11 Å². The molecule has 0 aliphatic heterocycles. The maximum Gasteiger partial charge on any atom is 0.124 e. The van der Waals surface area contributed by atoms with Crippen molar-refractivity contribution in [3.63, 3.8) is 0 Å². The highest BCUT2D eigenvalue weighted by atomic mass is 35.5. The van der Waals surface area contributed by atoms with Gasteiger partial charge >= 0.3 is 0 Å². The molecular formula is C14H20ClFO. The minimum Gasteiger partial charge on any atom is -0.390 e. The molecule has 17 heavy (non-hydrogen) atoms. The summed E-state index contributed by atoms with van der Waals surface area (Å²) >= 11 is 5.95. The second-order valence-corrected chi connectivity index (χ2v) is 5.27. The van der Waals surface area contributed by atoms with Gasteiger partial charge in [0.05, 0.1) is 5.60 Å². The van der Waals surface area contributed by atoms with Gasteiger partial charge in [0.15, 0.2) is 0 Å². The Hall–Kier alpha value is -0.600. The van der Waals surface area contributed by atoms with Crippen molar-refractivity contribution in [2.45, 2.75) is 51.6 Å². The molecule has 0 aromatic heterocycles. The monoisotopic (exact) mass is 258 g/mol. The van der Waals surface area contributed by atoms with Gasteiger partial charge in [-0.1, -0.05) is 43.9 Å². The minimum atomic E-state index is -0.767. The fourth-order valence-electron chi connectivity index (χ4n) is 1.92.